The lowest BCUT2D eigenvalue weighted by Gasteiger charge is -2.42. The molecule has 0 aliphatic carbocycles. The van der Waals surface area contributed by atoms with Crippen molar-refractivity contribution < 1.29 is 36.7 Å². The van der Waals surface area contributed by atoms with Gasteiger partial charge in [0.2, 0.25) is 5.91 Å². The fourth-order valence-corrected chi connectivity index (χ4v) is 6.15. The number of benzene rings is 2. The van der Waals surface area contributed by atoms with Gasteiger partial charge in [-0.05, 0) is 41.2 Å². The quantitative estimate of drug-likeness (QED) is 0.134. The molecule has 0 radical (unpaired) electrons. The largest absolute Gasteiger partial charge is 0.444 e. The van der Waals surface area contributed by atoms with Gasteiger partial charge in [-0.1, -0.05) is 95.3 Å². The Bertz CT molecular complexity index is 1730. The van der Waals surface area contributed by atoms with Gasteiger partial charge in [-0.2, -0.15) is 13.2 Å². The number of hydrogen-bond acceptors (Lipinski definition) is 7. The summed E-state index contributed by atoms with van der Waals surface area (Å²) in [4.78, 5) is 54.4. The van der Waals surface area contributed by atoms with Crippen molar-refractivity contribution in [2.24, 2.45) is 5.92 Å². The molecule has 3 rings (SSSR count). The lowest BCUT2D eigenvalue weighted by Crippen LogP contribution is -2.59. The van der Waals surface area contributed by atoms with Crippen LogP contribution >= 0.6 is 0 Å². The highest BCUT2D eigenvalue weighted by molar-refractivity contribution is 6.74. The summed E-state index contributed by atoms with van der Waals surface area (Å²) in [5, 5.41) is 5.65. The lowest BCUT2D eigenvalue weighted by atomic mass is 9.98. The van der Waals surface area contributed by atoms with Crippen molar-refractivity contribution in [1.82, 2.24) is 20.3 Å². The van der Waals surface area contributed by atoms with Gasteiger partial charge in [-0.25, -0.2) is 9.80 Å². The molecule has 1 heterocycles. The minimum atomic E-state index is -4.82. The van der Waals surface area contributed by atoms with Crippen molar-refractivity contribution in [2.75, 3.05) is 19.4 Å². The van der Waals surface area contributed by atoms with E-state index in [-0.39, 0.29) is 17.9 Å². The number of carbonyl (C=O) groups excluding carboxylic acids is 3. The number of hydrazine groups is 1. The number of anilines is 1. The molecule has 0 saturated heterocycles. The smallest absolute Gasteiger partial charge is 0.415 e. The Hall–Kier alpha value is -4.47. The highest BCUT2D eigenvalue weighted by atomic mass is 28.4. The van der Waals surface area contributed by atoms with E-state index in [4.69, 9.17) is 9.16 Å². The molecule has 278 valence electrons. The van der Waals surface area contributed by atoms with Crippen molar-refractivity contribution in [1.29, 1.82) is 0 Å². The third kappa shape index (κ3) is 11.0. The Balaban J connectivity index is 2.11. The molecule has 11 nitrogen and oxygen atoms in total. The topological polar surface area (TPSA) is 131 Å². The van der Waals surface area contributed by atoms with E-state index in [1.807, 2.05) is 20.8 Å². The van der Waals surface area contributed by atoms with Crippen LogP contribution in [0.15, 0.2) is 71.5 Å². The number of nitrogens with one attached hydrogen (secondary N) is 3. The van der Waals surface area contributed by atoms with Gasteiger partial charge in [0.1, 0.15) is 18.8 Å². The van der Waals surface area contributed by atoms with Gasteiger partial charge in [0, 0.05) is 14.1 Å². The van der Waals surface area contributed by atoms with E-state index in [0.717, 1.165) is 4.57 Å². The van der Waals surface area contributed by atoms with Crippen LogP contribution in [0, 0.1) is 5.92 Å². The molecule has 2 aromatic carbocycles. The van der Waals surface area contributed by atoms with Crippen molar-refractivity contribution in [3.63, 3.8) is 0 Å². The van der Waals surface area contributed by atoms with Crippen LogP contribution in [0.2, 0.25) is 18.1 Å². The number of pyridine rings is 1. The molecule has 0 fully saturated rings. The minimum Gasteiger partial charge on any atom is -0.444 e. The molecule has 0 saturated carbocycles. The van der Waals surface area contributed by atoms with Gasteiger partial charge < -0.3 is 14.5 Å². The Labute approximate surface area is 297 Å². The maximum Gasteiger partial charge on any atom is 0.415 e. The van der Waals surface area contributed by atoms with Crippen LogP contribution in [-0.2, 0) is 27.1 Å². The van der Waals surface area contributed by atoms with Gasteiger partial charge in [-0.3, -0.25) is 29.7 Å². The second kappa shape index (κ2) is 16.7. The van der Waals surface area contributed by atoms with Gasteiger partial charge in [-0.15, -0.1) is 0 Å². The van der Waals surface area contributed by atoms with Crippen LogP contribution in [-0.4, -0.2) is 68.2 Å². The minimum absolute atomic E-state index is 0.105. The summed E-state index contributed by atoms with van der Waals surface area (Å²) in [6, 6.07) is 17.0. The zero-order valence-corrected chi connectivity index (χ0v) is 31.5. The van der Waals surface area contributed by atoms with Crippen LogP contribution in [0.1, 0.15) is 50.5 Å². The summed E-state index contributed by atoms with van der Waals surface area (Å²) in [6.07, 6.45) is -8.18. The van der Waals surface area contributed by atoms with Gasteiger partial charge in [0.25, 0.3) is 11.5 Å². The summed E-state index contributed by atoms with van der Waals surface area (Å²) >= 11 is 0. The SMILES string of the molecule is CC(C)C(NC(=O)Cn1c(-c2ccccc2)cc(C(=O)NN(C)C)c(NC(=O)OCc2ccccc2)c1=O)C(O[Si](C)(C)C(C)(C)C)C(F)(F)F. The number of halogens is 3. The molecule has 0 spiro atoms. The molecule has 1 aromatic heterocycles. The maximum absolute atomic E-state index is 14.6. The Morgan fingerprint density at radius 2 is 1.51 bits per heavy atom. The van der Waals surface area contributed by atoms with E-state index in [1.165, 1.54) is 11.1 Å². The molecule has 0 aliphatic rings. The van der Waals surface area contributed by atoms with E-state index in [0.29, 0.717) is 11.1 Å². The van der Waals surface area contributed by atoms with Crippen LogP contribution in [0.3, 0.4) is 0 Å². The van der Waals surface area contributed by atoms with Crippen LogP contribution in [0.4, 0.5) is 23.7 Å². The zero-order valence-electron chi connectivity index (χ0n) is 30.5. The second-order valence-electron chi connectivity index (χ2n) is 14.3. The number of ether oxygens (including phenoxy) is 1. The third-order valence-corrected chi connectivity index (χ3v) is 13.1. The van der Waals surface area contributed by atoms with Crippen LogP contribution in [0.25, 0.3) is 11.3 Å². The normalized spacial score (nSPS) is 13.5. The van der Waals surface area contributed by atoms with Crippen LogP contribution in [0.5, 0.6) is 0 Å². The summed E-state index contributed by atoms with van der Waals surface area (Å²) in [5.41, 5.74) is 2.06. The third-order valence-electron chi connectivity index (χ3n) is 8.60. The molecule has 0 bridgehead atoms. The fourth-order valence-electron chi connectivity index (χ4n) is 4.88. The zero-order chi connectivity index (χ0) is 38.3. The molecule has 2 unspecified atom stereocenters. The Morgan fingerprint density at radius 3 is 2.02 bits per heavy atom. The first-order chi connectivity index (χ1) is 23.6. The molecule has 51 heavy (non-hydrogen) atoms. The maximum atomic E-state index is 14.6. The summed E-state index contributed by atoms with van der Waals surface area (Å²) in [7, 11) is 0.131. The first-order valence-corrected chi connectivity index (χ1v) is 19.4. The van der Waals surface area contributed by atoms with E-state index in [9.17, 15) is 32.3 Å². The Kier molecular flexibility index (Phi) is 13.4. The average molecular weight is 732 g/mol. The van der Waals surface area contributed by atoms with E-state index >= 15 is 0 Å². The average Bonchev–Trinajstić information content (AvgIpc) is 3.03. The number of carbonyl (C=O) groups is 3. The number of hydrogen-bond donors (Lipinski definition) is 3. The molecule has 0 aliphatic heterocycles. The highest BCUT2D eigenvalue weighted by Gasteiger charge is 2.52. The monoisotopic (exact) mass is 731 g/mol. The predicted molar refractivity (Wildman–Crippen MR) is 192 cm³/mol. The summed E-state index contributed by atoms with van der Waals surface area (Å²) < 4.78 is 56.1. The van der Waals surface area contributed by atoms with Crippen molar-refractivity contribution >= 4 is 31.9 Å². The van der Waals surface area contributed by atoms with E-state index in [1.54, 1.807) is 102 Å². The number of amides is 3. The van der Waals surface area contributed by atoms with Crippen molar-refractivity contribution in [2.45, 2.75) is 84.2 Å². The van der Waals surface area contributed by atoms with Gasteiger partial charge in [0.05, 0.1) is 17.3 Å². The molecule has 3 N–H and O–H groups in total. The molecule has 15 heteroatoms. The first kappa shape index (κ1) is 41.0. The lowest BCUT2D eigenvalue weighted by molar-refractivity contribution is -0.210. The molecule has 3 aromatic rings. The number of alkyl halides is 3. The van der Waals surface area contributed by atoms with E-state index in [2.05, 4.69) is 16.1 Å². The molecule has 2 atom stereocenters. The fraction of sp³-hybridized carbons (Fsp3) is 0.444. The summed E-state index contributed by atoms with van der Waals surface area (Å²) in [5.74, 6) is -2.38. The van der Waals surface area contributed by atoms with Crippen molar-refractivity contribution in [3.8, 4) is 11.3 Å². The number of nitrogens with zero attached hydrogens (tertiary/aromatic N) is 2. The Morgan fingerprint density at radius 1 is 0.941 bits per heavy atom. The number of rotatable bonds is 13. The predicted octanol–water partition coefficient (Wildman–Crippen LogP) is 6.56. The van der Waals surface area contributed by atoms with Crippen molar-refractivity contribution in [3.05, 3.63) is 88.2 Å². The standard InChI is InChI=1S/C36H48F3N5O6Si/c1-23(2)29(31(36(37,38)39)50-51(8,9)35(3,4)5)40-28(45)21-44-27(25-18-14-11-15-19-25)20-26(32(46)42-43(6)7)30(33(44)47)41-34(48)49-22-24-16-12-10-13-17-24/h10-20,23,29,31H,21-22H2,1-9H3,(H,40,45)(H,41,48)(H,42,46). The first-order valence-electron chi connectivity index (χ1n) is 16.5. The summed E-state index contributed by atoms with van der Waals surface area (Å²) in [6.45, 7) is 11.0. The van der Waals surface area contributed by atoms with E-state index < -0.39 is 73.3 Å². The molecular weight excluding hydrogens is 684 g/mol. The van der Waals surface area contributed by atoms with Gasteiger partial charge >= 0.3 is 12.3 Å². The van der Waals surface area contributed by atoms with Crippen LogP contribution < -0.4 is 21.6 Å². The van der Waals surface area contributed by atoms with Gasteiger partial charge in [0.15, 0.2) is 14.4 Å². The molecular formula is C36H48F3N5O6Si. The molecule has 3 amide bonds. The second-order valence-corrected chi connectivity index (χ2v) is 19.0. The highest BCUT2D eigenvalue weighted by Crippen LogP contribution is 2.41. The number of aromatic nitrogens is 1.